The zero-order valence-electron chi connectivity index (χ0n) is 17.6. The van der Waals surface area contributed by atoms with Crippen LogP contribution in [0.2, 0.25) is 0 Å². The molecule has 33 heavy (non-hydrogen) atoms. The van der Waals surface area contributed by atoms with Crippen LogP contribution in [-0.4, -0.2) is 39.9 Å². The van der Waals surface area contributed by atoms with E-state index in [-0.39, 0.29) is 11.6 Å². The first kappa shape index (κ1) is 21.4. The number of fused-ring (bicyclic) bond motifs is 1. The fourth-order valence-electron chi connectivity index (χ4n) is 3.03. The number of ether oxygens (including phenoxy) is 1. The number of hydrogen-bond donors (Lipinski definition) is 1. The van der Waals surface area contributed by atoms with Crippen molar-refractivity contribution in [1.29, 1.82) is 0 Å². The van der Waals surface area contributed by atoms with Crippen molar-refractivity contribution < 1.29 is 9.66 Å². The van der Waals surface area contributed by atoms with Gasteiger partial charge in [0.15, 0.2) is 0 Å². The summed E-state index contributed by atoms with van der Waals surface area (Å²) in [6, 6.07) is 14.5. The molecule has 0 amide bonds. The monoisotopic (exact) mass is 446 g/mol. The smallest absolute Gasteiger partial charge is 0.349 e. The molecule has 0 aliphatic rings. The van der Waals surface area contributed by atoms with E-state index in [0.29, 0.717) is 22.2 Å². The average Bonchev–Trinajstić information content (AvgIpc) is 2.80. The number of rotatable bonds is 6. The zero-order valence-corrected chi connectivity index (χ0v) is 17.6. The van der Waals surface area contributed by atoms with Crippen molar-refractivity contribution >= 4 is 28.5 Å². The Bertz CT molecular complexity index is 1490. The summed E-state index contributed by atoms with van der Waals surface area (Å²) in [6.45, 7) is 0. The molecular weight excluding hydrogens is 428 g/mol. The third kappa shape index (κ3) is 4.46. The summed E-state index contributed by atoms with van der Waals surface area (Å²) in [5.74, 6) is 0.462. The van der Waals surface area contributed by atoms with Gasteiger partial charge in [-0.15, -0.1) is 4.68 Å². The molecule has 0 saturated carbocycles. The van der Waals surface area contributed by atoms with Crippen LogP contribution >= 0.6 is 0 Å². The van der Waals surface area contributed by atoms with E-state index in [0.717, 1.165) is 16.6 Å². The van der Waals surface area contributed by atoms with Gasteiger partial charge < -0.3 is 14.6 Å². The molecule has 0 unspecified atom stereocenters. The number of nitro groups is 1. The lowest BCUT2D eigenvalue weighted by Gasteiger charge is -2.15. The first-order chi connectivity index (χ1) is 15.8. The quantitative estimate of drug-likeness (QED) is 0.273. The van der Waals surface area contributed by atoms with Crippen LogP contribution in [0, 0.1) is 10.1 Å². The molecule has 0 bridgehead atoms. The Labute approximate surface area is 186 Å². The van der Waals surface area contributed by atoms with E-state index in [1.165, 1.54) is 18.3 Å². The Morgan fingerprint density at radius 3 is 2.64 bits per heavy atom. The van der Waals surface area contributed by atoms with Gasteiger partial charge in [-0.2, -0.15) is 5.10 Å². The van der Waals surface area contributed by atoms with E-state index in [9.17, 15) is 19.7 Å². The van der Waals surface area contributed by atoms with Crippen molar-refractivity contribution in [3.8, 4) is 11.6 Å². The highest BCUT2D eigenvalue weighted by Gasteiger charge is 2.11. The first-order valence-corrected chi connectivity index (χ1v) is 9.71. The average molecular weight is 446 g/mol. The van der Waals surface area contributed by atoms with E-state index in [1.807, 2.05) is 25.1 Å². The van der Waals surface area contributed by atoms with Crippen molar-refractivity contribution in [2.45, 2.75) is 0 Å². The fraction of sp³-hybridized carbons (Fsp3) is 0.0909. The fourth-order valence-corrected chi connectivity index (χ4v) is 3.03. The summed E-state index contributed by atoms with van der Waals surface area (Å²) in [6.07, 6.45) is 2.42. The molecule has 2 aromatic heterocycles. The Kier molecular flexibility index (Phi) is 5.68. The van der Waals surface area contributed by atoms with Crippen LogP contribution in [0.1, 0.15) is 5.56 Å². The Hall–Kier alpha value is -4.80. The maximum Gasteiger partial charge on any atom is 0.349 e. The second-order valence-corrected chi connectivity index (χ2v) is 7.17. The minimum absolute atomic E-state index is 0.131. The zero-order chi connectivity index (χ0) is 23.5. The van der Waals surface area contributed by atoms with Crippen molar-refractivity contribution in [2.24, 2.45) is 5.10 Å². The molecule has 0 aliphatic heterocycles. The Morgan fingerprint density at radius 2 is 1.94 bits per heavy atom. The van der Waals surface area contributed by atoms with Gasteiger partial charge in [0, 0.05) is 43.5 Å². The second kappa shape index (κ2) is 8.75. The number of nitrogens with one attached hydrogen (secondary N) is 1. The highest BCUT2D eigenvalue weighted by Crippen LogP contribution is 2.28. The number of benzene rings is 2. The summed E-state index contributed by atoms with van der Waals surface area (Å²) in [7, 11) is 3.70. The maximum absolute atomic E-state index is 12.7. The van der Waals surface area contributed by atoms with E-state index in [4.69, 9.17) is 4.74 Å². The van der Waals surface area contributed by atoms with E-state index in [1.54, 1.807) is 36.4 Å². The van der Waals surface area contributed by atoms with Crippen LogP contribution in [0.3, 0.4) is 0 Å². The molecule has 11 nitrogen and oxygen atoms in total. The van der Waals surface area contributed by atoms with Gasteiger partial charge in [-0.05, 0) is 24.3 Å². The van der Waals surface area contributed by atoms with Crippen LogP contribution in [0.4, 0.5) is 11.4 Å². The molecule has 166 valence electrons. The lowest BCUT2D eigenvalue weighted by atomic mass is 10.2. The number of H-pyrrole nitrogens is 1. The van der Waals surface area contributed by atoms with Gasteiger partial charge in [0.2, 0.25) is 5.88 Å². The van der Waals surface area contributed by atoms with Crippen LogP contribution in [0.5, 0.6) is 11.6 Å². The van der Waals surface area contributed by atoms with Gasteiger partial charge in [-0.25, -0.2) is 9.78 Å². The summed E-state index contributed by atoms with van der Waals surface area (Å²) in [5.41, 5.74) is 0.281. The maximum atomic E-state index is 12.7. The van der Waals surface area contributed by atoms with Gasteiger partial charge in [0.05, 0.1) is 22.0 Å². The molecule has 0 radical (unpaired) electrons. The van der Waals surface area contributed by atoms with E-state index >= 15 is 0 Å². The predicted molar refractivity (Wildman–Crippen MR) is 124 cm³/mol. The summed E-state index contributed by atoms with van der Waals surface area (Å²) in [5, 5.41) is 15.2. The van der Waals surface area contributed by atoms with Gasteiger partial charge in [0.25, 0.3) is 11.2 Å². The minimum Gasteiger partial charge on any atom is -0.438 e. The van der Waals surface area contributed by atoms with Crippen LogP contribution < -0.4 is 20.9 Å². The summed E-state index contributed by atoms with van der Waals surface area (Å²) >= 11 is 0. The van der Waals surface area contributed by atoms with Crippen molar-refractivity contribution in [2.75, 3.05) is 19.0 Å². The molecule has 1 N–H and O–H groups in total. The summed E-state index contributed by atoms with van der Waals surface area (Å²) in [4.78, 5) is 43.8. The predicted octanol–water partition coefficient (Wildman–Crippen LogP) is 2.73. The second-order valence-electron chi connectivity index (χ2n) is 7.17. The number of anilines is 1. The molecule has 0 spiro atoms. The van der Waals surface area contributed by atoms with Gasteiger partial charge in [-0.1, -0.05) is 12.1 Å². The van der Waals surface area contributed by atoms with Crippen molar-refractivity contribution in [1.82, 2.24) is 14.6 Å². The summed E-state index contributed by atoms with van der Waals surface area (Å²) < 4.78 is 6.56. The van der Waals surface area contributed by atoms with Crippen molar-refractivity contribution in [3.63, 3.8) is 0 Å². The van der Waals surface area contributed by atoms with Crippen LogP contribution in [0.25, 0.3) is 10.9 Å². The Morgan fingerprint density at radius 1 is 1.15 bits per heavy atom. The largest absolute Gasteiger partial charge is 0.438 e. The highest BCUT2D eigenvalue weighted by atomic mass is 16.6. The molecule has 0 saturated heterocycles. The Balaban J connectivity index is 1.74. The number of para-hydroxylation sites is 1. The van der Waals surface area contributed by atoms with E-state index in [2.05, 4.69) is 15.1 Å². The van der Waals surface area contributed by atoms with Gasteiger partial charge in [0.1, 0.15) is 11.9 Å². The molecule has 11 heteroatoms. The number of nitrogens with zero attached hydrogens (tertiary/aromatic N) is 5. The minimum atomic E-state index is -0.681. The normalized spacial score (nSPS) is 11.1. The molecule has 4 aromatic rings. The standard InChI is InChI=1S/C22H18N6O5/c1-26(2)15-8-7-14(19(11-15)33-20-10-9-16(13-23-20)28(31)32)12-24-27-21(29)17-5-3-4-6-18(17)25-22(27)30/h3-13H,1-2H3,(H,25,30). The molecule has 4 rings (SSSR count). The van der Waals surface area contributed by atoms with Crippen LogP contribution in [0.15, 0.2) is 75.5 Å². The third-order valence-electron chi connectivity index (χ3n) is 4.76. The molecule has 2 aromatic carbocycles. The molecule has 0 fully saturated rings. The number of aromatic amines is 1. The molecule has 0 aliphatic carbocycles. The lowest BCUT2D eigenvalue weighted by Crippen LogP contribution is -2.32. The SMILES string of the molecule is CN(C)c1ccc(C=Nn2c(=O)[nH]c3ccccc3c2=O)c(Oc2ccc([N+](=O)[O-])cn2)c1. The van der Waals surface area contributed by atoms with Gasteiger partial charge >= 0.3 is 5.69 Å². The molecular formula is C22H18N6O5. The molecule has 2 heterocycles. The van der Waals surface area contributed by atoms with Crippen molar-refractivity contribution in [3.05, 3.63) is 97.3 Å². The first-order valence-electron chi connectivity index (χ1n) is 9.71. The van der Waals surface area contributed by atoms with Crippen LogP contribution in [-0.2, 0) is 0 Å². The van der Waals surface area contributed by atoms with E-state index < -0.39 is 16.2 Å². The highest BCUT2D eigenvalue weighted by molar-refractivity contribution is 5.85. The number of pyridine rings is 1. The third-order valence-corrected chi connectivity index (χ3v) is 4.76. The topological polar surface area (TPSA) is 136 Å². The lowest BCUT2D eigenvalue weighted by molar-refractivity contribution is -0.385. The van der Waals surface area contributed by atoms with Gasteiger partial charge in [-0.3, -0.25) is 14.9 Å². The number of hydrogen-bond acceptors (Lipinski definition) is 8. The number of aromatic nitrogens is 3. The molecule has 0 atom stereocenters.